The molecule has 1 unspecified atom stereocenters. The van der Waals surface area contributed by atoms with E-state index in [1.54, 1.807) is 12.1 Å². The smallest absolute Gasteiger partial charge is 0.326 e. The molecule has 0 saturated heterocycles. The minimum Gasteiger partial charge on any atom is -0.480 e. The molecule has 6 heteroatoms. The molecule has 3 rings (SSSR count). The van der Waals surface area contributed by atoms with E-state index in [0.717, 1.165) is 11.3 Å². The second-order valence-corrected chi connectivity index (χ2v) is 6.13. The van der Waals surface area contributed by atoms with Crippen LogP contribution in [0.25, 0.3) is 11.3 Å². The summed E-state index contributed by atoms with van der Waals surface area (Å²) < 4.78 is 13.3. The lowest BCUT2D eigenvalue weighted by Gasteiger charge is -2.13. The molecule has 0 amide bonds. The average Bonchev–Trinajstić information content (AvgIpc) is 3.04. The van der Waals surface area contributed by atoms with Gasteiger partial charge in [-0.1, -0.05) is 42.5 Å². The van der Waals surface area contributed by atoms with Gasteiger partial charge in [0.05, 0.1) is 5.69 Å². The van der Waals surface area contributed by atoms with Crippen molar-refractivity contribution in [1.82, 2.24) is 4.98 Å². The number of halogens is 1. The number of nitrogens with one attached hydrogen (secondary N) is 1. The molecule has 1 atom stereocenters. The van der Waals surface area contributed by atoms with Crippen LogP contribution in [-0.2, 0) is 11.2 Å². The molecule has 0 radical (unpaired) electrons. The zero-order valence-corrected chi connectivity index (χ0v) is 13.5. The first-order valence-corrected chi connectivity index (χ1v) is 8.24. The van der Waals surface area contributed by atoms with Crippen molar-refractivity contribution >= 4 is 22.4 Å². The quantitative estimate of drug-likeness (QED) is 0.709. The fraction of sp³-hybridized carbons (Fsp3) is 0.111. The Labute approximate surface area is 142 Å². The van der Waals surface area contributed by atoms with E-state index in [2.05, 4.69) is 10.3 Å². The molecular weight excluding hydrogens is 327 g/mol. The van der Waals surface area contributed by atoms with Crippen LogP contribution in [0, 0.1) is 5.82 Å². The van der Waals surface area contributed by atoms with Crippen molar-refractivity contribution in [2.24, 2.45) is 0 Å². The third-order valence-corrected chi connectivity index (χ3v) is 4.27. The van der Waals surface area contributed by atoms with Crippen LogP contribution in [0.3, 0.4) is 0 Å². The summed E-state index contributed by atoms with van der Waals surface area (Å²) in [5.41, 5.74) is 2.38. The van der Waals surface area contributed by atoms with Crippen LogP contribution < -0.4 is 5.32 Å². The highest BCUT2D eigenvalue weighted by Crippen LogP contribution is 2.25. The number of anilines is 1. The van der Waals surface area contributed by atoms with E-state index >= 15 is 0 Å². The van der Waals surface area contributed by atoms with Gasteiger partial charge in [0.1, 0.15) is 11.9 Å². The van der Waals surface area contributed by atoms with Gasteiger partial charge >= 0.3 is 5.97 Å². The zero-order chi connectivity index (χ0) is 16.9. The number of carbonyl (C=O) groups is 1. The zero-order valence-electron chi connectivity index (χ0n) is 12.6. The number of aromatic nitrogens is 1. The highest BCUT2D eigenvalue weighted by molar-refractivity contribution is 7.14. The molecule has 2 N–H and O–H groups in total. The Morgan fingerprint density at radius 3 is 2.71 bits per heavy atom. The number of carboxylic acid groups (broad SMARTS) is 1. The lowest BCUT2D eigenvalue weighted by Crippen LogP contribution is -2.31. The second-order valence-electron chi connectivity index (χ2n) is 5.27. The van der Waals surface area contributed by atoms with Crippen LogP contribution in [0.4, 0.5) is 9.52 Å². The number of hydrogen-bond acceptors (Lipinski definition) is 4. The first-order valence-electron chi connectivity index (χ1n) is 7.36. The molecule has 0 saturated carbocycles. The van der Waals surface area contributed by atoms with E-state index in [-0.39, 0.29) is 12.2 Å². The summed E-state index contributed by atoms with van der Waals surface area (Å²) in [7, 11) is 0. The van der Waals surface area contributed by atoms with Crippen LogP contribution in [-0.4, -0.2) is 22.1 Å². The number of rotatable bonds is 6. The summed E-state index contributed by atoms with van der Waals surface area (Å²) >= 11 is 1.34. The SMILES string of the molecule is O=C(O)C(Cc1cccc(F)c1)Nc1nc(-c2ccccc2)cs1. The molecule has 0 aliphatic rings. The van der Waals surface area contributed by atoms with Crippen LogP contribution in [0.5, 0.6) is 0 Å². The van der Waals surface area contributed by atoms with Crippen molar-refractivity contribution in [2.75, 3.05) is 5.32 Å². The molecule has 0 bridgehead atoms. The number of nitrogens with zero attached hydrogens (tertiary/aromatic N) is 1. The fourth-order valence-electron chi connectivity index (χ4n) is 2.33. The van der Waals surface area contributed by atoms with Crippen molar-refractivity contribution in [2.45, 2.75) is 12.5 Å². The van der Waals surface area contributed by atoms with Gasteiger partial charge in [-0.05, 0) is 17.7 Å². The Bertz CT molecular complexity index is 836. The van der Waals surface area contributed by atoms with Crippen LogP contribution in [0.2, 0.25) is 0 Å². The average molecular weight is 342 g/mol. The summed E-state index contributed by atoms with van der Waals surface area (Å²) in [6, 6.07) is 14.7. The number of thiazole rings is 1. The predicted molar refractivity (Wildman–Crippen MR) is 92.7 cm³/mol. The van der Waals surface area contributed by atoms with Gasteiger partial charge in [-0.2, -0.15) is 0 Å². The molecule has 4 nitrogen and oxygen atoms in total. The van der Waals surface area contributed by atoms with E-state index in [9.17, 15) is 14.3 Å². The predicted octanol–water partition coefficient (Wildman–Crippen LogP) is 4.06. The van der Waals surface area contributed by atoms with Gasteiger partial charge < -0.3 is 10.4 Å². The standard InChI is InChI=1S/C18H15FN2O2S/c19-14-8-4-5-12(9-14)10-15(17(22)23)20-18-21-16(11-24-18)13-6-2-1-3-7-13/h1-9,11,15H,10H2,(H,20,21)(H,22,23). The molecule has 0 aliphatic heterocycles. The topological polar surface area (TPSA) is 62.2 Å². The molecule has 0 fully saturated rings. The van der Waals surface area contributed by atoms with Gasteiger partial charge in [0.25, 0.3) is 0 Å². The molecule has 24 heavy (non-hydrogen) atoms. The summed E-state index contributed by atoms with van der Waals surface area (Å²) in [6.07, 6.45) is 0.174. The monoisotopic (exact) mass is 342 g/mol. The number of aliphatic carboxylic acids is 1. The van der Waals surface area contributed by atoms with E-state index in [0.29, 0.717) is 10.7 Å². The second kappa shape index (κ2) is 7.23. The van der Waals surface area contributed by atoms with Crippen molar-refractivity contribution < 1.29 is 14.3 Å². The number of carboxylic acids is 1. The van der Waals surface area contributed by atoms with Gasteiger partial charge in [0, 0.05) is 17.4 Å². The third-order valence-electron chi connectivity index (χ3n) is 3.50. The third kappa shape index (κ3) is 3.97. The van der Waals surface area contributed by atoms with Gasteiger partial charge in [-0.25, -0.2) is 14.2 Å². The Morgan fingerprint density at radius 1 is 1.21 bits per heavy atom. The van der Waals surface area contributed by atoms with E-state index in [1.807, 2.05) is 35.7 Å². The molecule has 1 aromatic heterocycles. The largest absolute Gasteiger partial charge is 0.480 e. The molecule has 0 spiro atoms. The number of hydrogen-bond donors (Lipinski definition) is 2. The lowest BCUT2D eigenvalue weighted by molar-refractivity contribution is -0.137. The fourth-order valence-corrected chi connectivity index (χ4v) is 3.10. The van der Waals surface area contributed by atoms with Crippen molar-refractivity contribution in [3.05, 3.63) is 71.4 Å². The summed E-state index contributed by atoms with van der Waals surface area (Å²) in [5, 5.41) is 14.7. The van der Waals surface area contributed by atoms with E-state index in [4.69, 9.17) is 0 Å². The summed E-state index contributed by atoms with van der Waals surface area (Å²) in [6.45, 7) is 0. The van der Waals surface area contributed by atoms with Gasteiger partial charge in [0.15, 0.2) is 5.13 Å². The molecular formula is C18H15FN2O2S. The van der Waals surface area contributed by atoms with Crippen LogP contribution in [0.1, 0.15) is 5.56 Å². The molecule has 0 aliphatic carbocycles. The molecule has 122 valence electrons. The molecule has 2 aromatic carbocycles. The normalized spacial score (nSPS) is 11.9. The van der Waals surface area contributed by atoms with Gasteiger partial charge in [-0.15, -0.1) is 11.3 Å². The maximum atomic E-state index is 13.3. The first kappa shape index (κ1) is 16.1. The Morgan fingerprint density at radius 2 is 2.00 bits per heavy atom. The summed E-state index contributed by atoms with van der Waals surface area (Å²) in [5.74, 6) is -1.38. The minimum atomic E-state index is -1.00. The Balaban J connectivity index is 1.74. The van der Waals surface area contributed by atoms with Crippen LogP contribution >= 0.6 is 11.3 Å². The Kier molecular flexibility index (Phi) is 4.86. The van der Waals surface area contributed by atoms with E-state index < -0.39 is 12.0 Å². The first-order chi connectivity index (χ1) is 11.6. The highest BCUT2D eigenvalue weighted by Gasteiger charge is 2.19. The van der Waals surface area contributed by atoms with Gasteiger partial charge in [0.2, 0.25) is 0 Å². The highest BCUT2D eigenvalue weighted by atomic mass is 32.1. The van der Waals surface area contributed by atoms with Crippen molar-refractivity contribution in [3.8, 4) is 11.3 Å². The maximum absolute atomic E-state index is 13.3. The molecule has 1 heterocycles. The van der Waals surface area contributed by atoms with Crippen molar-refractivity contribution in [1.29, 1.82) is 0 Å². The lowest BCUT2D eigenvalue weighted by atomic mass is 10.1. The van der Waals surface area contributed by atoms with Crippen LogP contribution in [0.15, 0.2) is 60.0 Å². The minimum absolute atomic E-state index is 0.174. The van der Waals surface area contributed by atoms with Gasteiger partial charge in [-0.3, -0.25) is 0 Å². The molecule has 3 aromatic rings. The summed E-state index contributed by atoms with van der Waals surface area (Å²) in [4.78, 5) is 15.9. The maximum Gasteiger partial charge on any atom is 0.326 e. The number of benzene rings is 2. The Hall–Kier alpha value is -2.73. The van der Waals surface area contributed by atoms with E-state index in [1.165, 1.54) is 23.5 Å². The van der Waals surface area contributed by atoms with Crippen molar-refractivity contribution in [3.63, 3.8) is 0 Å².